The molecule has 2 aromatic heterocycles. The second kappa shape index (κ2) is 6.31. The average molecular weight is 268 g/mol. The number of H-pyrrole nitrogens is 1. The molecular formula is C14H12N4O2. The van der Waals surface area contributed by atoms with E-state index in [1.165, 1.54) is 18.2 Å². The Morgan fingerprint density at radius 1 is 1.30 bits per heavy atom. The first kappa shape index (κ1) is 13.5. The molecule has 6 nitrogen and oxygen atoms in total. The topological polar surface area (TPSA) is 101 Å². The van der Waals surface area contributed by atoms with Crippen LogP contribution >= 0.6 is 0 Å². The minimum Gasteiger partial charge on any atom is -0.320 e. The molecule has 0 spiro atoms. The third-order valence-electron chi connectivity index (χ3n) is 2.32. The Labute approximate surface area is 115 Å². The average Bonchev–Trinajstić information content (AvgIpc) is 2.45. The minimum absolute atomic E-state index is 0.165. The Kier molecular flexibility index (Phi) is 4.27. The number of nitrogens with zero attached hydrogens (tertiary/aromatic N) is 1. The fourth-order valence-corrected chi connectivity index (χ4v) is 1.48. The normalized spacial score (nSPS) is 9.45. The molecule has 0 aliphatic carbocycles. The van der Waals surface area contributed by atoms with Gasteiger partial charge < -0.3 is 16.0 Å². The molecule has 0 aromatic carbocycles. The van der Waals surface area contributed by atoms with Crippen molar-refractivity contribution in [1.29, 1.82) is 0 Å². The lowest BCUT2D eigenvalue weighted by Crippen LogP contribution is -2.18. The van der Waals surface area contributed by atoms with Gasteiger partial charge in [-0.1, -0.05) is 18.1 Å². The number of rotatable bonds is 2. The van der Waals surface area contributed by atoms with Gasteiger partial charge in [-0.25, -0.2) is 4.98 Å². The lowest BCUT2D eigenvalue weighted by molar-refractivity contribution is 0.102. The predicted molar refractivity (Wildman–Crippen MR) is 75.2 cm³/mol. The highest BCUT2D eigenvalue weighted by atomic mass is 16.2. The van der Waals surface area contributed by atoms with Crippen molar-refractivity contribution in [2.75, 3.05) is 11.9 Å². The van der Waals surface area contributed by atoms with E-state index in [9.17, 15) is 9.59 Å². The van der Waals surface area contributed by atoms with Crippen molar-refractivity contribution >= 4 is 11.7 Å². The number of carbonyl (C=O) groups excluding carboxylic acids is 1. The van der Waals surface area contributed by atoms with Crippen molar-refractivity contribution in [3.05, 3.63) is 58.1 Å². The first-order chi connectivity index (χ1) is 9.69. The van der Waals surface area contributed by atoms with Gasteiger partial charge in [0, 0.05) is 6.07 Å². The van der Waals surface area contributed by atoms with Gasteiger partial charge in [0.05, 0.1) is 6.54 Å². The number of nitrogens with two attached hydrogens (primary N) is 1. The Morgan fingerprint density at radius 2 is 2.10 bits per heavy atom. The molecule has 0 saturated heterocycles. The molecule has 20 heavy (non-hydrogen) atoms. The van der Waals surface area contributed by atoms with E-state index >= 15 is 0 Å². The molecule has 2 heterocycles. The number of nitrogens with one attached hydrogen (secondary N) is 2. The Hall–Kier alpha value is -2.91. The molecule has 0 fully saturated rings. The minimum atomic E-state index is -0.445. The molecule has 0 aliphatic rings. The number of hydrogen-bond donors (Lipinski definition) is 3. The van der Waals surface area contributed by atoms with Crippen LogP contribution in [0.4, 0.5) is 5.82 Å². The van der Waals surface area contributed by atoms with Gasteiger partial charge in [0.1, 0.15) is 17.2 Å². The van der Waals surface area contributed by atoms with E-state index in [0.717, 1.165) is 0 Å². The molecule has 0 radical (unpaired) electrons. The molecule has 4 N–H and O–H groups in total. The zero-order chi connectivity index (χ0) is 14.4. The van der Waals surface area contributed by atoms with Crippen molar-refractivity contribution < 1.29 is 4.79 Å². The number of carbonyl (C=O) groups is 1. The van der Waals surface area contributed by atoms with Gasteiger partial charge in [-0.05, 0) is 24.1 Å². The molecule has 0 atom stereocenters. The van der Waals surface area contributed by atoms with Crippen molar-refractivity contribution in [3.63, 3.8) is 0 Å². The number of aromatic amines is 1. The van der Waals surface area contributed by atoms with E-state index in [1.54, 1.807) is 18.2 Å². The first-order valence-corrected chi connectivity index (χ1v) is 5.86. The number of anilines is 1. The molecule has 100 valence electrons. The van der Waals surface area contributed by atoms with Crippen LogP contribution in [0.5, 0.6) is 0 Å². The van der Waals surface area contributed by atoms with E-state index in [-0.39, 0.29) is 17.8 Å². The Balaban J connectivity index is 2.17. The lowest BCUT2D eigenvalue weighted by Gasteiger charge is -2.04. The molecular weight excluding hydrogens is 256 g/mol. The summed E-state index contributed by atoms with van der Waals surface area (Å²) in [4.78, 5) is 29.6. The van der Waals surface area contributed by atoms with Crippen molar-refractivity contribution in [2.45, 2.75) is 0 Å². The molecule has 6 heteroatoms. The molecule has 2 aromatic rings. The van der Waals surface area contributed by atoms with Crippen LogP contribution in [-0.4, -0.2) is 22.4 Å². The van der Waals surface area contributed by atoms with Gasteiger partial charge in [0.2, 0.25) is 5.56 Å². The van der Waals surface area contributed by atoms with Gasteiger partial charge in [-0.15, -0.1) is 0 Å². The summed E-state index contributed by atoms with van der Waals surface area (Å²) >= 11 is 0. The quantitative estimate of drug-likeness (QED) is 0.683. The third-order valence-corrected chi connectivity index (χ3v) is 2.32. The number of hydrogen-bond acceptors (Lipinski definition) is 4. The van der Waals surface area contributed by atoms with Crippen LogP contribution in [0, 0.1) is 11.8 Å². The number of aromatic nitrogens is 2. The van der Waals surface area contributed by atoms with Crippen LogP contribution in [0.2, 0.25) is 0 Å². The van der Waals surface area contributed by atoms with E-state index < -0.39 is 5.91 Å². The van der Waals surface area contributed by atoms with Crippen molar-refractivity contribution in [3.8, 4) is 11.8 Å². The molecule has 0 aliphatic heterocycles. The maximum atomic E-state index is 11.9. The van der Waals surface area contributed by atoms with Crippen molar-refractivity contribution in [1.82, 2.24) is 9.97 Å². The zero-order valence-electron chi connectivity index (χ0n) is 10.5. The summed E-state index contributed by atoms with van der Waals surface area (Å²) in [6, 6.07) is 9.41. The smallest absolute Gasteiger partial charge is 0.273 e. The van der Waals surface area contributed by atoms with E-state index in [2.05, 4.69) is 27.1 Å². The summed E-state index contributed by atoms with van der Waals surface area (Å²) in [5, 5.41) is 2.58. The highest BCUT2D eigenvalue weighted by Gasteiger charge is 2.07. The SMILES string of the molecule is NCC#Cc1cccc(NC(=O)c2cccc(=O)[nH]2)n1. The van der Waals surface area contributed by atoms with Gasteiger partial charge >= 0.3 is 0 Å². The van der Waals surface area contributed by atoms with E-state index in [1.807, 2.05) is 0 Å². The van der Waals surface area contributed by atoms with Crippen LogP contribution in [0.1, 0.15) is 16.2 Å². The molecule has 0 saturated carbocycles. The maximum Gasteiger partial charge on any atom is 0.273 e. The summed E-state index contributed by atoms with van der Waals surface area (Å²) < 4.78 is 0. The summed E-state index contributed by atoms with van der Waals surface area (Å²) in [6.45, 7) is 0.240. The second-order valence-electron chi connectivity index (χ2n) is 3.80. The molecule has 0 bridgehead atoms. The molecule has 1 amide bonds. The van der Waals surface area contributed by atoms with Crippen LogP contribution in [0.3, 0.4) is 0 Å². The van der Waals surface area contributed by atoms with E-state index in [4.69, 9.17) is 5.73 Å². The number of pyridine rings is 2. The molecule has 2 rings (SSSR count). The predicted octanol–water partition coefficient (Wildman–Crippen LogP) is 0.332. The summed E-state index contributed by atoms with van der Waals surface area (Å²) in [7, 11) is 0. The van der Waals surface area contributed by atoms with Crippen molar-refractivity contribution in [2.24, 2.45) is 5.73 Å². The van der Waals surface area contributed by atoms with E-state index in [0.29, 0.717) is 11.5 Å². The van der Waals surface area contributed by atoms with Crippen LogP contribution in [0.25, 0.3) is 0 Å². The summed E-state index contributed by atoms with van der Waals surface area (Å²) in [5.41, 5.74) is 5.61. The highest BCUT2D eigenvalue weighted by molar-refractivity contribution is 6.02. The summed E-state index contributed by atoms with van der Waals surface area (Å²) in [5.74, 6) is 5.36. The monoisotopic (exact) mass is 268 g/mol. The number of amides is 1. The van der Waals surface area contributed by atoms with Crippen LogP contribution in [0.15, 0.2) is 41.2 Å². The van der Waals surface area contributed by atoms with Gasteiger partial charge in [0.15, 0.2) is 0 Å². The lowest BCUT2D eigenvalue weighted by atomic mass is 10.3. The second-order valence-corrected chi connectivity index (χ2v) is 3.80. The highest BCUT2D eigenvalue weighted by Crippen LogP contribution is 2.05. The Morgan fingerprint density at radius 3 is 2.85 bits per heavy atom. The fraction of sp³-hybridized carbons (Fsp3) is 0.0714. The molecule has 0 unspecified atom stereocenters. The van der Waals surface area contributed by atoms with Crippen LogP contribution in [-0.2, 0) is 0 Å². The zero-order valence-corrected chi connectivity index (χ0v) is 10.5. The largest absolute Gasteiger partial charge is 0.320 e. The van der Waals surface area contributed by atoms with Gasteiger partial charge in [0.25, 0.3) is 5.91 Å². The maximum absolute atomic E-state index is 11.9. The fourth-order valence-electron chi connectivity index (χ4n) is 1.48. The summed E-state index contributed by atoms with van der Waals surface area (Å²) in [6.07, 6.45) is 0. The standard InChI is InChI=1S/C14H12N4O2/c15-9-3-5-10-4-1-7-12(16-10)18-14(20)11-6-2-8-13(19)17-11/h1-2,4,6-8H,9,15H2,(H,17,19)(H,16,18,20). The first-order valence-electron chi connectivity index (χ1n) is 5.86. The van der Waals surface area contributed by atoms with Gasteiger partial charge in [-0.2, -0.15) is 0 Å². The van der Waals surface area contributed by atoms with Gasteiger partial charge in [-0.3, -0.25) is 9.59 Å². The Bertz CT molecular complexity index is 740. The van der Waals surface area contributed by atoms with Crippen LogP contribution < -0.4 is 16.6 Å². The third kappa shape index (κ3) is 3.54.